The first-order valence-corrected chi connectivity index (χ1v) is 5.74. The first kappa shape index (κ1) is 14.9. The number of amides is 1. The Morgan fingerprint density at radius 2 is 2.39 bits per heavy atom. The van der Waals surface area contributed by atoms with E-state index in [1.54, 1.807) is 6.07 Å². The van der Waals surface area contributed by atoms with Crippen molar-refractivity contribution in [1.82, 2.24) is 10.5 Å². The van der Waals surface area contributed by atoms with Gasteiger partial charge in [-0.05, 0) is 19.8 Å². The van der Waals surface area contributed by atoms with Gasteiger partial charge >= 0.3 is 0 Å². The molecule has 2 rings (SSSR count). The Kier molecular flexibility index (Phi) is 5.58. The first-order chi connectivity index (χ1) is 8.19. The zero-order valence-electron chi connectivity index (χ0n) is 10.2. The lowest BCUT2D eigenvalue weighted by Crippen LogP contribution is -2.35. The topological polar surface area (TPSA) is 90.4 Å². The fourth-order valence-corrected chi connectivity index (χ4v) is 1.86. The molecule has 1 aromatic rings. The molecule has 1 amide bonds. The molecule has 0 radical (unpaired) electrons. The van der Waals surface area contributed by atoms with Crippen LogP contribution < -0.4 is 11.1 Å². The van der Waals surface area contributed by atoms with Crippen molar-refractivity contribution >= 4 is 18.3 Å². The Morgan fingerprint density at radius 1 is 1.61 bits per heavy atom. The highest BCUT2D eigenvalue weighted by Gasteiger charge is 2.29. The van der Waals surface area contributed by atoms with Crippen LogP contribution in [-0.4, -0.2) is 29.8 Å². The molecule has 102 valence electrons. The summed E-state index contributed by atoms with van der Waals surface area (Å²) in [4.78, 5) is 11.7. The number of hydrogen-bond acceptors (Lipinski definition) is 5. The molecule has 0 saturated carbocycles. The number of aromatic nitrogens is 1. The first-order valence-electron chi connectivity index (χ1n) is 5.74. The van der Waals surface area contributed by atoms with E-state index in [4.69, 9.17) is 15.0 Å². The molecule has 7 heteroatoms. The van der Waals surface area contributed by atoms with Gasteiger partial charge in [0.15, 0.2) is 5.76 Å². The minimum atomic E-state index is -0.382. The smallest absolute Gasteiger partial charge is 0.249 e. The van der Waals surface area contributed by atoms with Crippen molar-refractivity contribution in [1.29, 1.82) is 0 Å². The number of nitrogens with two attached hydrogens (primary N) is 1. The van der Waals surface area contributed by atoms with E-state index in [9.17, 15) is 4.79 Å². The number of nitrogens with one attached hydrogen (secondary N) is 1. The summed E-state index contributed by atoms with van der Waals surface area (Å²) < 4.78 is 10.5. The summed E-state index contributed by atoms with van der Waals surface area (Å²) in [6.07, 6.45) is 1.20. The summed E-state index contributed by atoms with van der Waals surface area (Å²) in [6, 6.07) is 1.79. The third-order valence-electron chi connectivity index (χ3n) is 2.78. The van der Waals surface area contributed by atoms with Crippen LogP contribution in [0.25, 0.3) is 0 Å². The molecule has 2 heterocycles. The summed E-state index contributed by atoms with van der Waals surface area (Å²) in [6.45, 7) is 2.64. The SMILES string of the molecule is Cc1cc(CNC(=O)[C@@H]2CC[C@H](CN)O2)on1.Cl. The lowest BCUT2D eigenvalue weighted by atomic mass is 10.2. The van der Waals surface area contributed by atoms with Gasteiger partial charge in [0, 0.05) is 12.6 Å². The zero-order valence-corrected chi connectivity index (χ0v) is 11.0. The van der Waals surface area contributed by atoms with Crippen LogP contribution in [0, 0.1) is 6.92 Å². The summed E-state index contributed by atoms with van der Waals surface area (Å²) >= 11 is 0. The normalized spacial score (nSPS) is 22.6. The summed E-state index contributed by atoms with van der Waals surface area (Å²) in [5, 5.41) is 6.50. The van der Waals surface area contributed by atoms with Crippen LogP contribution >= 0.6 is 12.4 Å². The van der Waals surface area contributed by atoms with E-state index in [0.29, 0.717) is 18.8 Å². The fourth-order valence-electron chi connectivity index (χ4n) is 1.86. The number of hydrogen-bond donors (Lipinski definition) is 2. The van der Waals surface area contributed by atoms with E-state index in [1.165, 1.54) is 0 Å². The molecule has 0 spiro atoms. The molecule has 1 fully saturated rings. The van der Waals surface area contributed by atoms with Crippen molar-refractivity contribution in [2.24, 2.45) is 5.73 Å². The van der Waals surface area contributed by atoms with Crippen LogP contribution in [0.15, 0.2) is 10.6 Å². The number of halogens is 1. The predicted octanol–water partition coefficient (Wildman–Crippen LogP) is 0.527. The Bertz CT molecular complexity index is 397. The van der Waals surface area contributed by atoms with Crippen LogP contribution in [-0.2, 0) is 16.1 Å². The third kappa shape index (κ3) is 3.69. The highest BCUT2D eigenvalue weighted by atomic mass is 35.5. The largest absolute Gasteiger partial charge is 0.364 e. The van der Waals surface area contributed by atoms with E-state index in [2.05, 4.69) is 10.5 Å². The van der Waals surface area contributed by atoms with Gasteiger partial charge in [0.2, 0.25) is 5.91 Å². The average Bonchev–Trinajstić information content (AvgIpc) is 2.94. The second-order valence-electron chi connectivity index (χ2n) is 4.21. The Balaban J connectivity index is 0.00000162. The van der Waals surface area contributed by atoms with Crippen molar-refractivity contribution in [3.63, 3.8) is 0 Å². The van der Waals surface area contributed by atoms with E-state index in [0.717, 1.165) is 18.5 Å². The van der Waals surface area contributed by atoms with Crippen LogP contribution in [0.3, 0.4) is 0 Å². The Hall–Kier alpha value is -1.11. The fraction of sp³-hybridized carbons (Fsp3) is 0.636. The van der Waals surface area contributed by atoms with Gasteiger partial charge in [0.25, 0.3) is 0 Å². The van der Waals surface area contributed by atoms with Gasteiger partial charge in [-0.15, -0.1) is 12.4 Å². The Labute approximate surface area is 112 Å². The predicted molar refractivity (Wildman–Crippen MR) is 67.3 cm³/mol. The monoisotopic (exact) mass is 275 g/mol. The minimum Gasteiger partial charge on any atom is -0.364 e. The molecule has 0 bridgehead atoms. The van der Waals surface area contributed by atoms with Gasteiger partial charge in [0.1, 0.15) is 6.10 Å². The summed E-state index contributed by atoms with van der Waals surface area (Å²) in [7, 11) is 0. The second-order valence-corrected chi connectivity index (χ2v) is 4.21. The second kappa shape index (κ2) is 6.72. The van der Waals surface area contributed by atoms with Crippen molar-refractivity contribution in [2.45, 2.75) is 38.5 Å². The zero-order chi connectivity index (χ0) is 12.3. The number of aryl methyl sites for hydroxylation is 1. The summed E-state index contributed by atoms with van der Waals surface area (Å²) in [5.41, 5.74) is 6.28. The quantitative estimate of drug-likeness (QED) is 0.836. The lowest BCUT2D eigenvalue weighted by molar-refractivity contribution is -0.132. The van der Waals surface area contributed by atoms with E-state index in [1.807, 2.05) is 6.92 Å². The van der Waals surface area contributed by atoms with Gasteiger partial charge in [-0.2, -0.15) is 0 Å². The molecule has 6 nitrogen and oxygen atoms in total. The van der Waals surface area contributed by atoms with E-state index in [-0.39, 0.29) is 30.5 Å². The molecule has 2 atom stereocenters. The highest BCUT2D eigenvalue weighted by Crippen LogP contribution is 2.18. The van der Waals surface area contributed by atoms with Crippen LogP contribution in [0.1, 0.15) is 24.3 Å². The molecule has 1 aliphatic heterocycles. The minimum absolute atomic E-state index is 0. The van der Waals surface area contributed by atoms with Gasteiger partial charge in [0.05, 0.1) is 18.3 Å². The van der Waals surface area contributed by atoms with E-state index < -0.39 is 0 Å². The van der Waals surface area contributed by atoms with Crippen molar-refractivity contribution < 1.29 is 14.1 Å². The maximum absolute atomic E-state index is 11.7. The van der Waals surface area contributed by atoms with Crippen LogP contribution in [0.5, 0.6) is 0 Å². The van der Waals surface area contributed by atoms with Gasteiger partial charge in [-0.25, -0.2) is 0 Å². The molecule has 1 aromatic heterocycles. The molecule has 18 heavy (non-hydrogen) atoms. The number of carbonyl (C=O) groups excluding carboxylic acids is 1. The highest BCUT2D eigenvalue weighted by molar-refractivity contribution is 5.85. The maximum Gasteiger partial charge on any atom is 0.249 e. The standard InChI is InChI=1S/C11H17N3O3.ClH/c1-7-4-9(17-14-7)6-13-11(15)10-3-2-8(5-12)16-10;/h4,8,10H,2-3,5-6,12H2,1H3,(H,13,15);1H/t8-,10+;/m1./s1. The Morgan fingerprint density at radius 3 is 2.94 bits per heavy atom. The van der Waals surface area contributed by atoms with Gasteiger partial charge in [-0.1, -0.05) is 5.16 Å². The third-order valence-corrected chi connectivity index (χ3v) is 2.78. The molecule has 0 unspecified atom stereocenters. The van der Waals surface area contributed by atoms with E-state index >= 15 is 0 Å². The molecule has 1 aliphatic rings. The summed E-state index contributed by atoms with van der Waals surface area (Å²) in [5.74, 6) is 0.527. The van der Waals surface area contributed by atoms with Gasteiger partial charge < -0.3 is 20.3 Å². The maximum atomic E-state index is 11.7. The van der Waals surface area contributed by atoms with Gasteiger partial charge in [-0.3, -0.25) is 4.79 Å². The lowest BCUT2D eigenvalue weighted by Gasteiger charge is -2.11. The molecule has 0 aromatic carbocycles. The van der Waals surface area contributed by atoms with Crippen molar-refractivity contribution in [2.75, 3.05) is 6.54 Å². The number of ether oxygens (including phenoxy) is 1. The van der Waals surface area contributed by atoms with Crippen LogP contribution in [0.4, 0.5) is 0 Å². The van der Waals surface area contributed by atoms with Crippen molar-refractivity contribution in [3.8, 4) is 0 Å². The average molecular weight is 276 g/mol. The molecular weight excluding hydrogens is 258 g/mol. The van der Waals surface area contributed by atoms with Crippen LogP contribution in [0.2, 0.25) is 0 Å². The molecule has 0 aliphatic carbocycles. The van der Waals surface area contributed by atoms with Crippen molar-refractivity contribution in [3.05, 3.63) is 17.5 Å². The number of carbonyl (C=O) groups is 1. The molecule has 3 N–H and O–H groups in total. The number of rotatable bonds is 4. The number of nitrogens with zero attached hydrogens (tertiary/aromatic N) is 1. The molecule has 1 saturated heterocycles. The molecular formula is C11H18ClN3O3.